The summed E-state index contributed by atoms with van der Waals surface area (Å²) in [6.07, 6.45) is 3.65. The third-order valence-electron chi connectivity index (χ3n) is 1.87. The quantitative estimate of drug-likeness (QED) is 0.675. The molecule has 0 atom stereocenters. The molecule has 2 rings (SSSR count). The van der Waals surface area contributed by atoms with Crippen molar-refractivity contribution in [3.05, 3.63) is 32.4 Å². The van der Waals surface area contributed by atoms with Crippen LogP contribution in [0, 0.1) is 6.92 Å². The Balaban J connectivity index is 2.02. The summed E-state index contributed by atoms with van der Waals surface area (Å²) in [4.78, 5) is 12.3. The molecule has 0 aliphatic carbocycles. The molecule has 2 heterocycles. The van der Waals surface area contributed by atoms with Crippen LogP contribution in [-0.2, 0) is 4.79 Å². The Kier molecular flexibility index (Phi) is 3.83. The fraction of sp³-hybridized carbons (Fsp3) is 0.200. The molecule has 84 valence electrons. The van der Waals surface area contributed by atoms with E-state index in [1.807, 2.05) is 24.7 Å². The Morgan fingerprint density at radius 3 is 2.94 bits per heavy atom. The second-order valence-corrected chi connectivity index (χ2v) is 6.20. The molecule has 16 heavy (non-hydrogen) atoms. The molecule has 6 heteroatoms. The fourth-order valence-corrected chi connectivity index (χ4v) is 3.51. The summed E-state index contributed by atoms with van der Waals surface area (Å²) in [7, 11) is 0. The van der Waals surface area contributed by atoms with Crippen LogP contribution in [0.15, 0.2) is 31.7 Å². The zero-order valence-electron chi connectivity index (χ0n) is 8.81. The third-order valence-corrected chi connectivity index (χ3v) is 4.95. The average Bonchev–Trinajstić information content (AvgIpc) is 2.82. The van der Waals surface area contributed by atoms with E-state index in [0.717, 1.165) is 19.9 Å². The molecule has 0 spiro atoms. The first-order valence-corrected chi connectivity index (χ1v) is 7.48. The highest BCUT2D eigenvalue weighted by atomic mass is 32.2. The molecular formula is C10H10N2OS3. The zero-order chi connectivity index (χ0) is 11.5. The molecule has 0 saturated carbocycles. The highest BCUT2D eigenvalue weighted by Gasteiger charge is 2.18. The Labute approximate surface area is 107 Å². The van der Waals surface area contributed by atoms with Gasteiger partial charge in [0, 0.05) is 16.0 Å². The molecule has 0 amide bonds. The maximum absolute atomic E-state index is 11.5. The number of carbonyl (C=O) groups excluding carboxylic acids is 1. The van der Waals surface area contributed by atoms with Crippen molar-refractivity contribution in [2.75, 3.05) is 6.26 Å². The van der Waals surface area contributed by atoms with Crippen LogP contribution >= 0.6 is 35.3 Å². The molecule has 0 bridgehead atoms. The molecule has 0 saturated heterocycles. The summed E-state index contributed by atoms with van der Waals surface area (Å²) in [6, 6.07) is 1.95. The van der Waals surface area contributed by atoms with Crippen molar-refractivity contribution in [1.82, 2.24) is 10.2 Å². The number of aromatic nitrogens is 2. The summed E-state index contributed by atoms with van der Waals surface area (Å²) in [5, 5.41) is 9.71. The average molecular weight is 270 g/mol. The number of aryl methyl sites for hydroxylation is 1. The summed E-state index contributed by atoms with van der Waals surface area (Å²) in [5.41, 5.74) is 1.02. The number of thioether (sulfide) groups is 3. The molecule has 1 aliphatic heterocycles. The molecule has 1 N–H and O–H groups in total. The minimum Gasteiger partial charge on any atom is -0.289 e. The van der Waals surface area contributed by atoms with Crippen molar-refractivity contribution in [1.29, 1.82) is 0 Å². The van der Waals surface area contributed by atoms with Gasteiger partial charge in [0.15, 0.2) is 5.78 Å². The second-order valence-electron chi connectivity index (χ2n) is 3.12. The lowest BCUT2D eigenvalue weighted by Crippen LogP contribution is -1.86. The van der Waals surface area contributed by atoms with Crippen LogP contribution in [0.1, 0.15) is 5.69 Å². The standard InChI is InChI=1S/C10H10N2OS3/c1-6-3-9(12-11-6)15-5-8-7(13)4-10(14-2)16-8/h3-5H,1-2H3,(H,11,12)/b8-5+. The van der Waals surface area contributed by atoms with Gasteiger partial charge >= 0.3 is 0 Å². The lowest BCUT2D eigenvalue weighted by atomic mass is 10.4. The number of ketones is 1. The van der Waals surface area contributed by atoms with Crippen LogP contribution in [0.25, 0.3) is 0 Å². The number of hydrogen-bond acceptors (Lipinski definition) is 5. The van der Waals surface area contributed by atoms with Gasteiger partial charge in [-0.15, -0.1) is 11.8 Å². The van der Waals surface area contributed by atoms with Gasteiger partial charge in [-0.1, -0.05) is 23.5 Å². The molecule has 1 aliphatic rings. The topological polar surface area (TPSA) is 45.8 Å². The molecule has 0 fully saturated rings. The van der Waals surface area contributed by atoms with Crippen molar-refractivity contribution in [2.45, 2.75) is 11.9 Å². The molecule has 0 radical (unpaired) electrons. The molecule has 3 nitrogen and oxygen atoms in total. The van der Waals surface area contributed by atoms with Gasteiger partial charge in [-0.05, 0) is 24.7 Å². The Hall–Kier alpha value is -0.590. The summed E-state index contributed by atoms with van der Waals surface area (Å²) in [6.45, 7) is 1.95. The van der Waals surface area contributed by atoms with Crippen LogP contribution in [0.2, 0.25) is 0 Å². The molecular weight excluding hydrogens is 260 g/mol. The summed E-state index contributed by atoms with van der Waals surface area (Å²) >= 11 is 4.58. The monoisotopic (exact) mass is 270 g/mol. The largest absolute Gasteiger partial charge is 0.289 e. The fourth-order valence-electron chi connectivity index (χ4n) is 1.12. The van der Waals surface area contributed by atoms with Crippen LogP contribution in [0.3, 0.4) is 0 Å². The van der Waals surface area contributed by atoms with Gasteiger partial charge in [0.25, 0.3) is 0 Å². The van der Waals surface area contributed by atoms with Crippen molar-refractivity contribution >= 4 is 41.1 Å². The number of rotatable bonds is 3. The second kappa shape index (κ2) is 5.16. The zero-order valence-corrected chi connectivity index (χ0v) is 11.3. The number of H-pyrrole nitrogens is 1. The molecule has 0 unspecified atom stereocenters. The smallest absolute Gasteiger partial charge is 0.194 e. The lowest BCUT2D eigenvalue weighted by molar-refractivity contribution is -0.110. The van der Waals surface area contributed by atoms with E-state index in [1.165, 1.54) is 23.5 Å². The van der Waals surface area contributed by atoms with E-state index in [-0.39, 0.29) is 5.78 Å². The number of nitrogens with zero attached hydrogens (tertiary/aromatic N) is 1. The van der Waals surface area contributed by atoms with Gasteiger partial charge in [0.05, 0.1) is 4.91 Å². The minimum absolute atomic E-state index is 0.0918. The highest BCUT2D eigenvalue weighted by Crippen LogP contribution is 2.40. The number of hydrogen-bond donors (Lipinski definition) is 1. The SMILES string of the molecule is CSC1=CC(=O)/C(=C\Sc2cc(C)[nH]n2)S1. The molecule has 1 aromatic rings. The number of allylic oxidation sites excluding steroid dienone is 2. The Morgan fingerprint density at radius 2 is 2.38 bits per heavy atom. The van der Waals surface area contributed by atoms with E-state index in [4.69, 9.17) is 0 Å². The molecule has 1 aromatic heterocycles. The number of carbonyl (C=O) groups is 1. The van der Waals surface area contributed by atoms with Gasteiger partial charge in [-0.3, -0.25) is 9.89 Å². The number of aromatic amines is 1. The van der Waals surface area contributed by atoms with E-state index < -0.39 is 0 Å². The number of nitrogens with one attached hydrogen (secondary N) is 1. The van der Waals surface area contributed by atoms with Gasteiger partial charge in [-0.2, -0.15) is 5.10 Å². The van der Waals surface area contributed by atoms with Crippen LogP contribution in [0.5, 0.6) is 0 Å². The minimum atomic E-state index is 0.0918. The third kappa shape index (κ3) is 2.75. The lowest BCUT2D eigenvalue weighted by Gasteiger charge is -1.94. The maximum atomic E-state index is 11.5. The first kappa shape index (κ1) is 11.9. The van der Waals surface area contributed by atoms with E-state index in [0.29, 0.717) is 0 Å². The Bertz CT molecular complexity index is 476. The maximum Gasteiger partial charge on any atom is 0.194 e. The van der Waals surface area contributed by atoms with Crippen LogP contribution in [0.4, 0.5) is 0 Å². The predicted octanol–water partition coefficient (Wildman–Crippen LogP) is 3.17. The normalized spacial score (nSPS) is 18.2. The van der Waals surface area contributed by atoms with Crippen molar-refractivity contribution in [3.63, 3.8) is 0 Å². The first-order chi connectivity index (χ1) is 7.69. The van der Waals surface area contributed by atoms with E-state index in [1.54, 1.807) is 17.8 Å². The van der Waals surface area contributed by atoms with E-state index >= 15 is 0 Å². The van der Waals surface area contributed by atoms with Gasteiger partial charge < -0.3 is 0 Å². The summed E-state index contributed by atoms with van der Waals surface area (Å²) in [5.74, 6) is 0.0918. The molecule has 0 aromatic carbocycles. The highest BCUT2D eigenvalue weighted by molar-refractivity contribution is 8.24. The van der Waals surface area contributed by atoms with Gasteiger partial charge in [0.2, 0.25) is 0 Å². The van der Waals surface area contributed by atoms with E-state index in [2.05, 4.69) is 10.2 Å². The van der Waals surface area contributed by atoms with Crippen molar-refractivity contribution in [2.24, 2.45) is 0 Å². The predicted molar refractivity (Wildman–Crippen MR) is 71.5 cm³/mol. The first-order valence-electron chi connectivity index (χ1n) is 4.56. The van der Waals surface area contributed by atoms with Crippen LogP contribution in [-0.4, -0.2) is 22.2 Å². The van der Waals surface area contributed by atoms with Gasteiger partial charge in [0.1, 0.15) is 5.03 Å². The van der Waals surface area contributed by atoms with Crippen molar-refractivity contribution in [3.8, 4) is 0 Å². The Morgan fingerprint density at radius 1 is 1.56 bits per heavy atom. The van der Waals surface area contributed by atoms with Gasteiger partial charge in [-0.25, -0.2) is 0 Å². The van der Waals surface area contributed by atoms with Crippen molar-refractivity contribution < 1.29 is 4.79 Å². The summed E-state index contributed by atoms with van der Waals surface area (Å²) < 4.78 is 1.05. The van der Waals surface area contributed by atoms with Crippen LogP contribution < -0.4 is 0 Å². The van der Waals surface area contributed by atoms with E-state index in [9.17, 15) is 4.79 Å².